The molecule has 1 aliphatic heterocycles. The van der Waals surface area contributed by atoms with Crippen molar-refractivity contribution in [1.29, 1.82) is 0 Å². The van der Waals surface area contributed by atoms with Crippen LogP contribution in [0.3, 0.4) is 0 Å². The molecule has 1 unspecified atom stereocenters. The van der Waals surface area contributed by atoms with Gasteiger partial charge in [0, 0.05) is 23.1 Å². The number of carbonyl (C=O) groups is 1. The summed E-state index contributed by atoms with van der Waals surface area (Å²) < 4.78 is 5.74. The highest BCUT2D eigenvalue weighted by Gasteiger charge is 2.33. The van der Waals surface area contributed by atoms with E-state index in [1.165, 1.54) is 5.01 Å². The number of amides is 1. The van der Waals surface area contributed by atoms with Crippen LogP contribution in [0.2, 0.25) is 0 Å². The lowest BCUT2D eigenvalue weighted by atomic mass is 9.72. The fourth-order valence-electron chi connectivity index (χ4n) is 3.32. The fourth-order valence-corrected chi connectivity index (χ4v) is 3.32. The number of nitrogens with two attached hydrogens (primary N) is 1. The van der Waals surface area contributed by atoms with Crippen molar-refractivity contribution in [3.63, 3.8) is 0 Å². The Balaban J connectivity index is 2.39. The molecule has 7 heteroatoms. The minimum Gasteiger partial charge on any atom is -0.492 e. The molecule has 0 spiro atoms. The summed E-state index contributed by atoms with van der Waals surface area (Å²) in [6.07, 6.45) is 0.773. The maximum Gasteiger partial charge on any atom is 0.417 e. The smallest absolute Gasteiger partial charge is 0.417 e. The SMILES string of the molecule is CCC(N(N)C(=O)c1ccc2c(c1C)OCCNB2O)C(C)(C)C. The summed E-state index contributed by atoms with van der Waals surface area (Å²) in [5.74, 6) is 6.51. The number of nitrogens with one attached hydrogen (secondary N) is 1. The summed E-state index contributed by atoms with van der Waals surface area (Å²) in [4.78, 5) is 12.9. The summed E-state index contributed by atoms with van der Waals surface area (Å²) in [7, 11) is -0.794. The third-order valence-corrected chi connectivity index (χ3v) is 4.60. The van der Waals surface area contributed by atoms with Gasteiger partial charge in [0.05, 0.1) is 12.6 Å². The highest BCUT2D eigenvalue weighted by atomic mass is 16.5. The molecule has 24 heavy (non-hydrogen) atoms. The van der Waals surface area contributed by atoms with Gasteiger partial charge in [-0.3, -0.25) is 9.80 Å². The maximum absolute atomic E-state index is 12.9. The Hall–Kier alpha value is -1.57. The second-order valence-electron chi connectivity index (χ2n) is 7.36. The van der Waals surface area contributed by atoms with Crippen molar-refractivity contribution in [2.45, 2.75) is 47.1 Å². The van der Waals surface area contributed by atoms with E-state index in [0.717, 1.165) is 6.42 Å². The Labute approximate surface area is 144 Å². The van der Waals surface area contributed by atoms with E-state index in [0.29, 0.717) is 35.5 Å². The summed E-state index contributed by atoms with van der Waals surface area (Å²) in [6.45, 7) is 11.1. The average molecular weight is 333 g/mol. The molecule has 1 atom stereocenters. The molecule has 1 aromatic carbocycles. The molecule has 0 fully saturated rings. The molecule has 4 N–H and O–H groups in total. The molecular formula is C17H28BN3O3. The maximum atomic E-state index is 12.9. The predicted octanol–water partition coefficient (Wildman–Crippen LogP) is 0.805. The molecule has 0 radical (unpaired) electrons. The Morgan fingerprint density at radius 1 is 1.50 bits per heavy atom. The monoisotopic (exact) mass is 333 g/mol. The van der Waals surface area contributed by atoms with Crippen LogP contribution >= 0.6 is 0 Å². The number of nitrogens with zero attached hydrogens (tertiary/aromatic N) is 1. The van der Waals surface area contributed by atoms with Crippen LogP contribution in [0.1, 0.15) is 50.0 Å². The zero-order valence-corrected chi connectivity index (χ0v) is 15.2. The fraction of sp³-hybridized carbons (Fsp3) is 0.588. The zero-order chi connectivity index (χ0) is 18.1. The Morgan fingerprint density at radius 3 is 2.75 bits per heavy atom. The van der Waals surface area contributed by atoms with Gasteiger partial charge < -0.3 is 15.0 Å². The number of ether oxygens (including phenoxy) is 1. The van der Waals surface area contributed by atoms with Gasteiger partial charge in [0.25, 0.3) is 5.91 Å². The van der Waals surface area contributed by atoms with Gasteiger partial charge in [-0.15, -0.1) is 0 Å². The van der Waals surface area contributed by atoms with Gasteiger partial charge in [0.15, 0.2) is 0 Å². The zero-order valence-electron chi connectivity index (χ0n) is 15.2. The van der Waals surface area contributed by atoms with E-state index in [9.17, 15) is 9.82 Å². The molecule has 0 aromatic heterocycles. The third kappa shape index (κ3) is 3.58. The molecule has 132 valence electrons. The van der Waals surface area contributed by atoms with E-state index in [1.807, 2.05) is 13.8 Å². The predicted molar refractivity (Wildman–Crippen MR) is 96.2 cm³/mol. The molecule has 0 bridgehead atoms. The molecule has 0 saturated heterocycles. The highest BCUT2D eigenvalue weighted by Crippen LogP contribution is 2.28. The summed E-state index contributed by atoms with van der Waals surface area (Å²) in [6, 6.07) is 3.37. The molecule has 0 saturated carbocycles. The number of hydrogen-bond donors (Lipinski definition) is 3. The van der Waals surface area contributed by atoms with E-state index >= 15 is 0 Å². The van der Waals surface area contributed by atoms with E-state index in [4.69, 9.17) is 10.6 Å². The molecule has 1 aromatic rings. The summed E-state index contributed by atoms with van der Waals surface area (Å²) >= 11 is 0. The molecule has 1 heterocycles. The summed E-state index contributed by atoms with van der Waals surface area (Å²) in [5.41, 5.74) is 1.75. The van der Waals surface area contributed by atoms with Gasteiger partial charge in [-0.1, -0.05) is 33.8 Å². The van der Waals surface area contributed by atoms with Crippen LogP contribution in [0.4, 0.5) is 0 Å². The first-order valence-corrected chi connectivity index (χ1v) is 8.44. The van der Waals surface area contributed by atoms with Crippen LogP contribution in [0.5, 0.6) is 5.75 Å². The molecule has 1 aliphatic rings. The lowest BCUT2D eigenvalue weighted by Crippen LogP contribution is -2.51. The van der Waals surface area contributed by atoms with E-state index in [1.54, 1.807) is 12.1 Å². The first kappa shape index (κ1) is 18.8. The van der Waals surface area contributed by atoms with Crippen molar-refractivity contribution in [3.8, 4) is 5.75 Å². The van der Waals surface area contributed by atoms with Crippen molar-refractivity contribution < 1.29 is 14.6 Å². The van der Waals surface area contributed by atoms with Crippen LogP contribution in [0, 0.1) is 12.3 Å². The Bertz CT molecular complexity index is 616. The lowest BCUT2D eigenvalue weighted by Gasteiger charge is -2.37. The van der Waals surface area contributed by atoms with Crippen molar-refractivity contribution in [2.75, 3.05) is 13.2 Å². The number of rotatable bonds is 3. The van der Waals surface area contributed by atoms with Gasteiger partial charge in [-0.2, -0.15) is 0 Å². The van der Waals surface area contributed by atoms with Crippen molar-refractivity contribution in [1.82, 2.24) is 10.2 Å². The van der Waals surface area contributed by atoms with Crippen LogP contribution in [0.25, 0.3) is 0 Å². The van der Waals surface area contributed by atoms with Gasteiger partial charge in [0.1, 0.15) is 5.75 Å². The molecule has 0 aliphatic carbocycles. The number of hydrazine groups is 1. The van der Waals surface area contributed by atoms with Gasteiger partial charge in [0.2, 0.25) is 0 Å². The highest BCUT2D eigenvalue weighted by molar-refractivity contribution is 6.64. The quantitative estimate of drug-likeness (QED) is 0.330. The second kappa shape index (κ2) is 7.13. The van der Waals surface area contributed by atoms with Crippen LogP contribution in [-0.2, 0) is 0 Å². The molecule has 1 amide bonds. The van der Waals surface area contributed by atoms with E-state index < -0.39 is 7.05 Å². The number of benzene rings is 1. The van der Waals surface area contributed by atoms with Crippen LogP contribution in [0.15, 0.2) is 12.1 Å². The van der Waals surface area contributed by atoms with E-state index in [2.05, 4.69) is 26.0 Å². The third-order valence-electron chi connectivity index (χ3n) is 4.60. The summed E-state index contributed by atoms with van der Waals surface area (Å²) in [5, 5.41) is 14.4. The first-order valence-electron chi connectivity index (χ1n) is 8.44. The van der Waals surface area contributed by atoms with Crippen LogP contribution in [-0.4, -0.2) is 42.2 Å². The molecule has 6 nitrogen and oxygen atoms in total. The number of hydrogen-bond acceptors (Lipinski definition) is 5. The second-order valence-corrected chi connectivity index (χ2v) is 7.36. The minimum absolute atomic E-state index is 0.0728. The topological polar surface area (TPSA) is 87.8 Å². The van der Waals surface area contributed by atoms with E-state index in [-0.39, 0.29) is 17.4 Å². The van der Waals surface area contributed by atoms with Gasteiger partial charge in [-0.25, -0.2) is 5.84 Å². The lowest BCUT2D eigenvalue weighted by molar-refractivity contribution is 0.0504. The minimum atomic E-state index is -0.794. The Kier molecular flexibility index (Phi) is 5.57. The molecule has 2 rings (SSSR count). The average Bonchev–Trinajstić information content (AvgIpc) is 2.69. The molecular weight excluding hydrogens is 305 g/mol. The van der Waals surface area contributed by atoms with Gasteiger partial charge in [-0.05, 0) is 24.8 Å². The largest absolute Gasteiger partial charge is 0.492 e. The standard InChI is InChI=1S/C17H28BN3O3/c1-6-14(17(3,4)5)21(19)16(22)12-7-8-13-15(11(12)2)24-10-9-20-18(13)23/h7-8,14,20,23H,6,9-10,19H2,1-5H3. The van der Waals surface area contributed by atoms with Gasteiger partial charge >= 0.3 is 7.05 Å². The normalized spacial score (nSPS) is 16.0. The Morgan fingerprint density at radius 2 is 2.17 bits per heavy atom. The number of fused-ring (bicyclic) bond motifs is 1. The first-order chi connectivity index (χ1) is 11.2. The van der Waals surface area contributed by atoms with Crippen molar-refractivity contribution in [2.24, 2.45) is 11.3 Å². The van der Waals surface area contributed by atoms with Crippen molar-refractivity contribution in [3.05, 3.63) is 23.3 Å². The van der Waals surface area contributed by atoms with Crippen molar-refractivity contribution >= 4 is 18.4 Å². The number of carbonyl (C=O) groups excluding carboxylic acids is 1. The van der Waals surface area contributed by atoms with Crippen LogP contribution < -0.4 is 21.3 Å².